The highest BCUT2D eigenvalue weighted by Gasteiger charge is 2.17. The lowest BCUT2D eigenvalue weighted by atomic mass is 10.2. The Hall–Kier alpha value is -3.10. The molecule has 30 heavy (non-hydrogen) atoms. The highest BCUT2D eigenvalue weighted by molar-refractivity contribution is 7.92. The Bertz CT molecular complexity index is 1350. The summed E-state index contributed by atoms with van der Waals surface area (Å²) < 4.78 is 33.3. The van der Waals surface area contributed by atoms with Gasteiger partial charge in [-0.3, -0.25) is 4.72 Å². The lowest BCUT2D eigenvalue weighted by molar-refractivity contribution is 0.415. The summed E-state index contributed by atoms with van der Waals surface area (Å²) in [6, 6.07) is 15.4. The molecule has 0 saturated carbocycles. The number of aromatic nitrogens is 3. The number of halogens is 1. The summed E-state index contributed by atoms with van der Waals surface area (Å²) in [5, 5.41) is 9.39. The van der Waals surface area contributed by atoms with Gasteiger partial charge in [-0.15, -0.1) is 10.2 Å². The third kappa shape index (κ3) is 3.83. The number of fused-ring (bicyclic) bond motifs is 1. The van der Waals surface area contributed by atoms with Crippen molar-refractivity contribution in [3.8, 4) is 11.4 Å². The molecule has 0 saturated heterocycles. The number of rotatable bonds is 5. The number of methoxy groups -OCH3 is 1. The van der Waals surface area contributed by atoms with Gasteiger partial charge in [0.05, 0.1) is 28.4 Å². The minimum atomic E-state index is -3.72. The topological polar surface area (TPSA) is 86.1 Å². The van der Waals surface area contributed by atoms with Crippen LogP contribution < -0.4 is 9.46 Å². The van der Waals surface area contributed by atoms with Gasteiger partial charge in [0.1, 0.15) is 16.8 Å². The van der Waals surface area contributed by atoms with Crippen LogP contribution in [0.15, 0.2) is 59.5 Å². The quantitative estimate of drug-likeness (QED) is 0.491. The molecular formula is C21H19ClN4O3S. The first-order valence-corrected chi connectivity index (χ1v) is 10.9. The van der Waals surface area contributed by atoms with E-state index in [2.05, 4.69) is 14.9 Å². The first kappa shape index (κ1) is 20.2. The number of benzene rings is 3. The molecule has 0 radical (unpaired) electrons. The maximum Gasteiger partial charge on any atom is 0.261 e. The van der Waals surface area contributed by atoms with E-state index in [1.54, 1.807) is 61.7 Å². The third-order valence-electron chi connectivity index (χ3n) is 4.67. The summed E-state index contributed by atoms with van der Waals surface area (Å²) in [7, 11) is -2.17. The fraction of sp³-hybridized carbons (Fsp3) is 0.143. The highest BCUT2D eigenvalue weighted by atomic mass is 35.5. The molecule has 0 aliphatic heterocycles. The molecular weight excluding hydrogens is 424 g/mol. The normalized spacial score (nSPS) is 11.6. The zero-order chi connectivity index (χ0) is 21.5. The maximum atomic E-state index is 12.7. The molecule has 0 bridgehead atoms. The minimum absolute atomic E-state index is 0.198. The summed E-state index contributed by atoms with van der Waals surface area (Å²) in [4.78, 5) is 1.65. The lowest BCUT2D eigenvalue weighted by Crippen LogP contribution is -2.13. The fourth-order valence-corrected chi connectivity index (χ4v) is 4.37. The van der Waals surface area contributed by atoms with Gasteiger partial charge in [-0.05, 0) is 61.9 Å². The average molecular weight is 443 g/mol. The second-order valence-electron chi connectivity index (χ2n) is 6.88. The predicted octanol–water partition coefficient (Wildman–Crippen LogP) is 4.50. The molecule has 0 atom stereocenters. The van der Waals surface area contributed by atoms with Crippen LogP contribution in [0, 0.1) is 13.8 Å². The summed E-state index contributed by atoms with van der Waals surface area (Å²) in [5.41, 5.74) is 4.02. The van der Waals surface area contributed by atoms with Crippen LogP contribution in [0.4, 0.5) is 5.69 Å². The molecule has 9 heteroatoms. The number of ether oxygens (including phenoxy) is 1. The zero-order valence-corrected chi connectivity index (χ0v) is 18.1. The average Bonchev–Trinajstić information content (AvgIpc) is 3.11. The van der Waals surface area contributed by atoms with Gasteiger partial charge in [-0.25, -0.2) is 8.42 Å². The van der Waals surface area contributed by atoms with Crippen molar-refractivity contribution in [3.63, 3.8) is 0 Å². The molecule has 0 fully saturated rings. The van der Waals surface area contributed by atoms with Crippen molar-refractivity contribution >= 4 is 38.3 Å². The lowest BCUT2D eigenvalue weighted by Gasteiger charge is -2.10. The van der Waals surface area contributed by atoms with Crippen LogP contribution in [0.25, 0.3) is 16.7 Å². The Kier molecular flexibility index (Phi) is 5.13. The Morgan fingerprint density at radius 1 is 0.967 bits per heavy atom. The highest BCUT2D eigenvalue weighted by Crippen LogP contribution is 2.28. The molecule has 1 aromatic heterocycles. The number of sulfonamides is 1. The van der Waals surface area contributed by atoms with Crippen LogP contribution in [0.3, 0.4) is 0 Å². The Balaban J connectivity index is 1.70. The summed E-state index contributed by atoms with van der Waals surface area (Å²) in [5.74, 6) is 0.556. The molecule has 154 valence electrons. The van der Waals surface area contributed by atoms with E-state index >= 15 is 0 Å². The fourth-order valence-electron chi connectivity index (χ4n) is 2.99. The number of anilines is 1. The van der Waals surface area contributed by atoms with E-state index in [0.717, 1.165) is 11.1 Å². The standard InChI is InChI=1S/C21H19ClN4O3S/c1-13-4-7-16(8-5-13)30(27,28)25-18-12-20-19(10-14(18)2)23-26(24-20)15-6-9-21(29-3)17(22)11-15/h4-12,25H,1-3H3. The Morgan fingerprint density at radius 2 is 1.63 bits per heavy atom. The van der Waals surface area contributed by atoms with E-state index < -0.39 is 10.0 Å². The Labute approximate surface area is 179 Å². The molecule has 0 spiro atoms. The van der Waals surface area contributed by atoms with Gasteiger partial charge in [0, 0.05) is 0 Å². The van der Waals surface area contributed by atoms with E-state index in [1.165, 1.54) is 4.80 Å². The van der Waals surface area contributed by atoms with E-state index in [-0.39, 0.29) is 4.90 Å². The molecule has 0 unspecified atom stereocenters. The number of hydrogen-bond acceptors (Lipinski definition) is 5. The van der Waals surface area contributed by atoms with Gasteiger partial charge in [-0.1, -0.05) is 29.3 Å². The monoisotopic (exact) mass is 442 g/mol. The summed E-state index contributed by atoms with van der Waals surface area (Å²) in [6.45, 7) is 3.72. The second-order valence-corrected chi connectivity index (χ2v) is 8.97. The SMILES string of the molecule is COc1ccc(-n2nc3cc(C)c(NS(=O)(=O)c4ccc(C)cc4)cc3n2)cc1Cl. The van der Waals surface area contributed by atoms with Crippen LogP contribution in [0.1, 0.15) is 11.1 Å². The van der Waals surface area contributed by atoms with Crippen LogP contribution in [0.2, 0.25) is 5.02 Å². The number of nitrogens with zero attached hydrogens (tertiary/aromatic N) is 3. The second kappa shape index (κ2) is 7.62. The number of nitrogens with one attached hydrogen (secondary N) is 1. The molecule has 4 aromatic rings. The van der Waals surface area contributed by atoms with Crippen molar-refractivity contribution in [2.45, 2.75) is 18.7 Å². The van der Waals surface area contributed by atoms with Crippen molar-refractivity contribution in [3.05, 3.63) is 70.7 Å². The van der Waals surface area contributed by atoms with Gasteiger partial charge >= 0.3 is 0 Å². The molecule has 0 aliphatic carbocycles. The zero-order valence-electron chi connectivity index (χ0n) is 16.5. The van der Waals surface area contributed by atoms with E-state index in [0.29, 0.717) is 33.2 Å². The maximum absolute atomic E-state index is 12.7. The van der Waals surface area contributed by atoms with Crippen molar-refractivity contribution in [2.24, 2.45) is 0 Å². The molecule has 7 nitrogen and oxygen atoms in total. The van der Waals surface area contributed by atoms with Gasteiger partial charge in [-0.2, -0.15) is 4.80 Å². The summed E-state index contributed by atoms with van der Waals surface area (Å²) >= 11 is 6.20. The van der Waals surface area contributed by atoms with Gasteiger partial charge in [0.15, 0.2) is 0 Å². The van der Waals surface area contributed by atoms with Gasteiger partial charge in [0.25, 0.3) is 10.0 Å². The molecule has 0 amide bonds. The first-order chi connectivity index (χ1) is 14.3. The van der Waals surface area contributed by atoms with Crippen molar-refractivity contribution in [1.82, 2.24) is 15.0 Å². The molecule has 1 heterocycles. The minimum Gasteiger partial charge on any atom is -0.495 e. The Morgan fingerprint density at radius 3 is 2.27 bits per heavy atom. The van der Waals surface area contributed by atoms with E-state index in [9.17, 15) is 8.42 Å². The first-order valence-electron chi connectivity index (χ1n) is 9.08. The van der Waals surface area contributed by atoms with E-state index in [4.69, 9.17) is 16.3 Å². The van der Waals surface area contributed by atoms with Gasteiger partial charge < -0.3 is 4.74 Å². The molecule has 4 rings (SSSR count). The van der Waals surface area contributed by atoms with Gasteiger partial charge in [0.2, 0.25) is 0 Å². The summed E-state index contributed by atoms with van der Waals surface area (Å²) in [6.07, 6.45) is 0. The van der Waals surface area contributed by atoms with Crippen molar-refractivity contribution in [1.29, 1.82) is 0 Å². The molecule has 1 N–H and O–H groups in total. The van der Waals surface area contributed by atoms with Crippen LogP contribution in [-0.4, -0.2) is 30.5 Å². The third-order valence-corrected chi connectivity index (χ3v) is 6.35. The predicted molar refractivity (Wildman–Crippen MR) is 117 cm³/mol. The van der Waals surface area contributed by atoms with Crippen LogP contribution >= 0.6 is 11.6 Å². The van der Waals surface area contributed by atoms with Crippen LogP contribution in [-0.2, 0) is 10.0 Å². The van der Waals surface area contributed by atoms with E-state index in [1.807, 2.05) is 13.8 Å². The van der Waals surface area contributed by atoms with Crippen molar-refractivity contribution < 1.29 is 13.2 Å². The largest absolute Gasteiger partial charge is 0.495 e. The molecule has 0 aliphatic rings. The smallest absolute Gasteiger partial charge is 0.261 e. The number of aryl methyl sites for hydroxylation is 2. The number of hydrogen-bond donors (Lipinski definition) is 1. The molecule has 3 aromatic carbocycles. The van der Waals surface area contributed by atoms with Crippen LogP contribution in [0.5, 0.6) is 5.75 Å². The van der Waals surface area contributed by atoms with Crippen molar-refractivity contribution in [2.75, 3.05) is 11.8 Å².